The first-order chi connectivity index (χ1) is 8.49. The molecule has 0 heterocycles. The highest BCUT2D eigenvalue weighted by molar-refractivity contribution is 5.93. The molecule has 1 rings (SSSR count). The molecule has 18 heavy (non-hydrogen) atoms. The molecule has 4 amide bonds. The van der Waals surface area contributed by atoms with Gasteiger partial charge in [0.05, 0.1) is 0 Å². The zero-order valence-electron chi connectivity index (χ0n) is 10.3. The second-order valence-electron chi connectivity index (χ2n) is 4.57. The van der Waals surface area contributed by atoms with E-state index >= 15 is 0 Å². The number of imide groups is 1. The van der Waals surface area contributed by atoms with Crippen molar-refractivity contribution in [2.75, 3.05) is 6.54 Å². The Labute approximate surface area is 106 Å². The molecule has 0 spiro atoms. The standard InChI is InChI=1S/C11H20N4O3/c12-8-3-1-2-7(8)6-10(17)14-5-4-9(16)15-11(13)18/h7-8H,1-6,12H2,(H,14,17)(H3,13,15,16,18)/t7-,8+/m0/s1. The molecule has 1 aliphatic carbocycles. The Hall–Kier alpha value is -1.63. The van der Waals surface area contributed by atoms with Gasteiger partial charge in [-0.2, -0.15) is 0 Å². The van der Waals surface area contributed by atoms with E-state index in [9.17, 15) is 14.4 Å². The lowest BCUT2D eigenvalue weighted by Gasteiger charge is -2.14. The molecule has 7 nitrogen and oxygen atoms in total. The van der Waals surface area contributed by atoms with E-state index in [1.54, 1.807) is 0 Å². The van der Waals surface area contributed by atoms with Crippen molar-refractivity contribution in [3.8, 4) is 0 Å². The summed E-state index contributed by atoms with van der Waals surface area (Å²) in [6, 6.07) is -0.780. The van der Waals surface area contributed by atoms with Gasteiger partial charge in [0.15, 0.2) is 0 Å². The fourth-order valence-electron chi connectivity index (χ4n) is 2.14. The third kappa shape index (κ3) is 5.13. The average Bonchev–Trinajstić information content (AvgIpc) is 2.63. The van der Waals surface area contributed by atoms with E-state index in [0.717, 1.165) is 19.3 Å². The summed E-state index contributed by atoms with van der Waals surface area (Å²) in [7, 11) is 0. The Morgan fingerprint density at radius 1 is 1.17 bits per heavy atom. The maximum atomic E-state index is 11.6. The number of nitrogens with two attached hydrogens (primary N) is 2. The van der Waals surface area contributed by atoms with E-state index in [0.29, 0.717) is 6.42 Å². The molecule has 0 aromatic rings. The molecular formula is C11H20N4O3. The zero-order valence-corrected chi connectivity index (χ0v) is 10.3. The fraction of sp³-hybridized carbons (Fsp3) is 0.727. The largest absolute Gasteiger partial charge is 0.356 e. The van der Waals surface area contributed by atoms with E-state index in [4.69, 9.17) is 11.5 Å². The molecule has 0 bridgehead atoms. The van der Waals surface area contributed by atoms with Crippen LogP contribution in [0.3, 0.4) is 0 Å². The van der Waals surface area contributed by atoms with Crippen LogP contribution < -0.4 is 22.1 Å². The summed E-state index contributed by atoms with van der Waals surface area (Å²) in [6.07, 6.45) is 3.46. The van der Waals surface area contributed by atoms with Gasteiger partial charge in [0.2, 0.25) is 11.8 Å². The Balaban J connectivity index is 2.13. The maximum absolute atomic E-state index is 11.6. The first-order valence-corrected chi connectivity index (χ1v) is 6.10. The van der Waals surface area contributed by atoms with Gasteiger partial charge in [-0.3, -0.25) is 14.9 Å². The molecule has 0 aliphatic heterocycles. The van der Waals surface area contributed by atoms with Gasteiger partial charge in [0.1, 0.15) is 0 Å². The van der Waals surface area contributed by atoms with Crippen LogP contribution in [0, 0.1) is 5.92 Å². The van der Waals surface area contributed by atoms with Gasteiger partial charge in [-0.15, -0.1) is 0 Å². The SMILES string of the molecule is NC(=O)NC(=O)CCNC(=O)C[C@@H]1CCC[C@H]1N. The molecule has 0 saturated heterocycles. The summed E-state index contributed by atoms with van der Waals surface area (Å²) in [4.78, 5) is 33.0. The van der Waals surface area contributed by atoms with Gasteiger partial charge >= 0.3 is 6.03 Å². The van der Waals surface area contributed by atoms with Crippen molar-refractivity contribution in [1.29, 1.82) is 0 Å². The fourth-order valence-corrected chi connectivity index (χ4v) is 2.14. The van der Waals surface area contributed by atoms with Crippen molar-refractivity contribution in [2.24, 2.45) is 17.4 Å². The van der Waals surface area contributed by atoms with Crippen molar-refractivity contribution < 1.29 is 14.4 Å². The number of nitrogens with one attached hydrogen (secondary N) is 2. The van der Waals surface area contributed by atoms with Gasteiger partial charge in [-0.1, -0.05) is 6.42 Å². The second-order valence-corrected chi connectivity index (χ2v) is 4.57. The van der Waals surface area contributed by atoms with Crippen LogP contribution in [0.1, 0.15) is 32.1 Å². The summed E-state index contributed by atoms with van der Waals surface area (Å²) < 4.78 is 0. The number of rotatable bonds is 5. The minimum Gasteiger partial charge on any atom is -0.356 e. The van der Waals surface area contributed by atoms with E-state index in [2.05, 4.69) is 5.32 Å². The lowest BCUT2D eigenvalue weighted by molar-refractivity contribution is -0.122. The first kappa shape index (κ1) is 14.4. The monoisotopic (exact) mass is 256 g/mol. The summed E-state index contributed by atoms with van der Waals surface area (Å²) in [5, 5.41) is 4.55. The number of carbonyl (C=O) groups excluding carboxylic acids is 3. The predicted octanol–water partition coefficient (Wildman–Crippen LogP) is -0.795. The normalized spacial score (nSPS) is 22.5. The minimum absolute atomic E-state index is 0.0331. The van der Waals surface area contributed by atoms with Crippen molar-refractivity contribution in [1.82, 2.24) is 10.6 Å². The molecule has 0 aromatic carbocycles. The number of primary amides is 1. The lowest BCUT2D eigenvalue weighted by atomic mass is 10.00. The molecule has 2 atom stereocenters. The molecule has 1 aliphatic rings. The van der Waals surface area contributed by atoms with E-state index in [1.807, 2.05) is 5.32 Å². The zero-order chi connectivity index (χ0) is 13.5. The van der Waals surface area contributed by atoms with Crippen LogP contribution in [0.15, 0.2) is 0 Å². The molecular weight excluding hydrogens is 236 g/mol. The topological polar surface area (TPSA) is 127 Å². The highest BCUT2D eigenvalue weighted by Gasteiger charge is 2.25. The minimum atomic E-state index is -0.886. The highest BCUT2D eigenvalue weighted by atomic mass is 16.2. The van der Waals surface area contributed by atoms with Gasteiger partial charge in [-0.25, -0.2) is 4.79 Å². The van der Waals surface area contributed by atoms with Crippen molar-refractivity contribution in [3.63, 3.8) is 0 Å². The molecule has 1 fully saturated rings. The highest BCUT2D eigenvalue weighted by Crippen LogP contribution is 2.26. The first-order valence-electron chi connectivity index (χ1n) is 6.10. The number of carbonyl (C=O) groups is 3. The second kappa shape index (κ2) is 6.95. The summed E-state index contributed by atoms with van der Waals surface area (Å²) in [5.41, 5.74) is 10.6. The Bertz CT molecular complexity index is 332. The van der Waals surface area contributed by atoms with E-state index in [-0.39, 0.29) is 30.8 Å². The molecule has 0 aromatic heterocycles. The smallest absolute Gasteiger partial charge is 0.318 e. The molecule has 0 radical (unpaired) electrons. The predicted molar refractivity (Wildman–Crippen MR) is 65.3 cm³/mol. The van der Waals surface area contributed by atoms with Crippen LogP contribution in [-0.2, 0) is 9.59 Å². The molecule has 0 unspecified atom stereocenters. The summed E-state index contributed by atoms with van der Waals surface area (Å²) >= 11 is 0. The van der Waals surface area contributed by atoms with Crippen LogP contribution in [0.2, 0.25) is 0 Å². The maximum Gasteiger partial charge on any atom is 0.318 e. The third-order valence-corrected chi connectivity index (χ3v) is 3.10. The van der Waals surface area contributed by atoms with E-state index < -0.39 is 11.9 Å². The molecule has 7 heteroatoms. The van der Waals surface area contributed by atoms with Gasteiger partial charge in [0.25, 0.3) is 0 Å². The Morgan fingerprint density at radius 3 is 2.44 bits per heavy atom. The Kier molecular flexibility index (Phi) is 5.57. The number of hydrogen-bond donors (Lipinski definition) is 4. The Morgan fingerprint density at radius 2 is 1.89 bits per heavy atom. The van der Waals surface area contributed by atoms with Crippen LogP contribution in [0.4, 0.5) is 4.79 Å². The number of hydrogen-bond acceptors (Lipinski definition) is 4. The summed E-state index contributed by atoms with van der Waals surface area (Å²) in [5.74, 6) is -0.367. The van der Waals surface area contributed by atoms with Gasteiger partial charge in [-0.05, 0) is 18.8 Å². The van der Waals surface area contributed by atoms with Gasteiger partial charge in [0, 0.05) is 25.4 Å². The van der Waals surface area contributed by atoms with Crippen LogP contribution in [0.5, 0.6) is 0 Å². The molecule has 102 valence electrons. The molecule has 6 N–H and O–H groups in total. The van der Waals surface area contributed by atoms with Crippen LogP contribution >= 0.6 is 0 Å². The number of amides is 4. The third-order valence-electron chi connectivity index (χ3n) is 3.10. The summed E-state index contributed by atoms with van der Waals surface area (Å²) in [6.45, 7) is 0.194. The quantitative estimate of drug-likeness (QED) is 0.513. The van der Waals surface area contributed by atoms with Crippen molar-refractivity contribution in [3.05, 3.63) is 0 Å². The van der Waals surface area contributed by atoms with Crippen molar-refractivity contribution >= 4 is 17.8 Å². The van der Waals surface area contributed by atoms with Crippen LogP contribution in [0.25, 0.3) is 0 Å². The van der Waals surface area contributed by atoms with E-state index in [1.165, 1.54) is 0 Å². The van der Waals surface area contributed by atoms with Crippen molar-refractivity contribution in [2.45, 2.75) is 38.1 Å². The average molecular weight is 256 g/mol. The molecule has 1 saturated carbocycles. The van der Waals surface area contributed by atoms with Crippen LogP contribution in [-0.4, -0.2) is 30.4 Å². The van der Waals surface area contributed by atoms with Gasteiger partial charge < -0.3 is 16.8 Å². The lowest BCUT2D eigenvalue weighted by Crippen LogP contribution is -2.38. The number of urea groups is 1.